The standard InChI is InChI=1S/C10H10BrNO2/c1-13-7-5-8(14-2)10-6(9(7)11)3-4-12-10/h3-5,12H,1-2H3. The van der Waals surface area contributed by atoms with Crippen molar-refractivity contribution in [1.82, 2.24) is 4.98 Å². The Balaban J connectivity index is 2.80. The minimum atomic E-state index is 0.772. The van der Waals surface area contributed by atoms with E-state index in [2.05, 4.69) is 20.9 Å². The number of H-pyrrole nitrogens is 1. The first-order valence-electron chi connectivity index (χ1n) is 4.15. The predicted molar refractivity (Wildman–Crippen MR) is 59.1 cm³/mol. The lowest BCUT2D eigenvalue weighted by Gasteiger charge is -2.08. The summed E-state index contributed by atoms with van der Waals surface area (Å²) in [5, 5.41) is 1.06. The van der Waals surface area contributed by atoms with Crippen LogP contribution in [0.15, 0.2) is 22.8 Å². The molecule has 3 nitrogen and oxygen atoms in total. The number of aromatic nitrogens is 1. The van der Waals surface area contributed by atoms with Gasteiger partial charge in [-0.25, -0.2) is 0 Å². The normalized spacial score (nSPS) is 10.5. The Bertz CT molecular complexity index is 464. The van der Waals surface area contributed by atoms with Gasteiger partial charge in [-0.1, -0.05) is 0 Å². The summed E-state index contributed by atoms with van der Waals surface area (Å²) in [6.45, 7) is 0. The fourth-order valence-corrected chi connectivity index (χ4v) is 2.06. The van der Waals surface area contributed by atoms with Crippen molar-refractivity contribution in [3.05, 3.63) is 22.8 Å². The Hall–Kier alpha value is -1.16. The number of ether oxygens (including phenoxy) is 2. The molecule has 0 aliphatic carbocycles. The van der Waals surface area contributed by atoms with Crippen molar-refractivity contribution in [2.24, 2.45) is 0 Å². The third-order valence-corrected chi connectivity index (χ3v) is 2.97. The van der Waals surface area contributed by atoms with Crippen molar-refractivity contribution < 1.29 is 9.47 Å². The molecule has 0 aliphatic rings. The monoisotopic (exact) mass is 255 g/mol. The molecule has 1 aromatic carbocycles. The van der Waals surface area contributed by atoms with Crippen molar-refractivity contribution in [3.8, 4) is 11.5 Å². The van der Waals surface area contributed by atoms with E-state index in [1.54, 1.807) is 14.2 Å². The molecule has 0 saturated heterocycles. The van der Waals surface area contributed by atoms with Crippen molar-refractivity contribution in [2.75, 3.05) is 14.2 Å². The zero-order chi connectivity index (χ0) is 10.1. The summed E-state index contributed by atoms with van der Waals surface area (Å²) in [6, 6.07) is 3.83. The number of aromatic amines is 1. The first-order chi connectivity index (χ1) is 6.77. The topological polar surface area (TPSA) is 34.2 Å². The van der Waals surface area contributed by atoms with E-state index in [4.69, 9.17) is 9.47 Å². The number of hydrogen-bond donors (Lipinski definition) is 1. The summed E-state index contributed by atoms with van der Waals surface area (Å²) in [6.07, 6.45) is 1.87. The Morgan fingerprint density at radius 2 is 1.93 bits per heavy atom. The minimum Gasteiger partial charge on any atom is -0.495 e. The fourth-order valence-electron chi connectivity index (χ4n) is 1.45. The zero-order valence-electron chi connectivity index (χ0n) is 7.93. The van der Waals surface area contributed by atoms with Crippen LogP contribution in [-0.4, -0.2) is 19.2 Å². The van der Waals surface area contributed by atoms with Crippen LogP contribution in [0.5, 0.6) is 11.5 Å². The summed E-state index contributed by atoms with van der Waals surface area (Å²) in [5.41, 5.74) is 0.972. The molecule has 74 valence electrons. The number of rotatable bonds is 2. The lowest BCUT2D eigenvalue weighted by Crippen LogP contribution is -1.89. The maximum atomic E-state index is 5.25. The molecule has 0 saturated carbocycles. The summed E-state index contributed by atoms with van der Waals surface area (Å²) in [5.74, 6) is 1.55. The molecule has 1 heterocycles. The zero-order valence-corrected chi connectivity index (χ0v) is 9.51. The van der Waals surface area contributed by atoms with Gasteiger partial charge in [0.05, 0.1) is 24.2 Å². The van der Waals surface area contributed by atoms with Crippen LogP contribution in [0.3, 0.4) is 0 Å². The van der Waals surface area contributed by atoms with Crippen molar-refractivity contribution in [2.45, 2.75) is 0 Å². The molecule has 0 bridgehead atoms. The lowest BCUT2D eigenvalue weighted by molar-refractivity contribution is 0.396. The highest BCUT2D eigenvalue weighted by Gasteiger charge is 2.11. The van der Waals surface area contributed by atoms with Crippen LogP contribution in [0.25, 0.3) is 10.9 Å². The molecule has 1 aromatic heterocycles. The quantitative estimate of drug-likeness (QED) is 0.896. The SMILES string of the molecule is COc1cc(OC)c2[nH]ccc2c1Br. The molecule has 0 fully saturated rings. The Labute approximate surface area is 90.1 Å². The molecule has 0 atom stereocenters. The smallest absolute Gasteiger partial charge is 0.146 e. The summed E-state index contributed by atoms with van der Waals surface area (Å²) < 4.78 is 11.4. The number of halogens is 1. The number of hydrogen-bond acceptors (Lipinski definition) is 2. The van der Waals surface area contributed by atoms with Gasteiger partial charge in [-0.05, 0) is 22.0 Å². The highest BCUT2D eigenvalue weighted by atomic mass is 79.9. The average molecular weight is 256 g/mol. The Kier molecular flexibility index (Phi) is 2.37. The van der Waals surface area contributed by atoms with E-state index in [1.165, 1.54) is 0 Å². The van der Waals surface area contributed by atoms with E-state index < -0.39 is 0 Å². The second kappa shape index (κ2) is 3.53. The van der Waals surface area contributed by atoms with Crippen LogP contribution in [0, 0.1) is 0 Å². The minimum absolute atomic E-state index is 0.772. The highest BCUT2D eigenvalue weighted by Crippen LogP contribution is 2.38. The maximum absolute atomic E-state index is 5.25. The van der Waals surface area contributed by atoms with Gasteiger partial charge in [0.15, 0.2) is 0 Å². The fraction of sp³-hybridized carbons (Fsp3) is 0.200. The van der Waals surface area contributed by atoms with Crippen molar-refractivity contribution >= 4 is 26.8 Å². The van der Waals surface area contributed by atoms with Gasteiger partial charge in [-0.2, -0.15) is 0 Å². The van der Waals surface area contributed by atoms with Gasteiger partial charge in [0.25, 0.3) is 0 Å². The van der Waals surface area contributed by atoms with Crippen molar-refractivity contribution in [1.29, 1.82) is 0 Å². The molecule has 0 spiro atoms. The molecule has 4 heteroatoms. The Morgan fingerprint density at radius 3 is 2.57 bits per heavy atom. The van der Waals surface area contributed by atoms with Crippen LogP contribution in [-0.2, 0) is 0 Å². The third kappa shape index (κ3) is 1.26. The number of benzene rings is 1. The maximum Gasteiger partial charge on any atom is 0.146 e. The molecule has 14 heavy (non-hydrogen) atoms. The van der Waals surface area contributed by atoms with Crippen LogP contribution >= 0.6 is 15.9 Å². The summed E-state index contributed by atoms with van der Waals surface area (Å²) in [7, 11) is 3.28. The van der Waals surface area contributed by atoms with Crippen LogP contribution in [0.4, 0.5) is 0 Å². The van der Waals surface area contributed by atoms with Crippen LogP contribution in [0.2, 0.25) is 0 Å². The van der Waals surface area contributed by atoms with E-state index in [9.17, 15) is 0 Å². The number of fused-ring (bicyclic) bond motifs is 1. The van der Waals surface area contributed by atoms with E-state index in [0.717, 1.165) is 26.9 Å². The predicted octanol–water partition coefficient (Wildman–Crippen LogP) is 2.95. The molecule has 0 aliphatic heterocycles. The second-order valence-corrected chi connectivity index (χ2v) is 3.65. The Morgan fingerprint density at radius 1 is 1.21 bits per heavy atom. The van der Waals surface area contributed by atoms with Gasteiger partial charge in [0, 0.05) is 17.6 Å². The van der Waals surface area contributed by atoms with E-state index in [1.807, 2.05) is 18.3 Å². The van der Waals surface area contributed by atoms with Crippen molar-refractivity contribution in [3.63, 3.8) is 0 Å². The highest BCUT2D eigenvalue weighted by molar-refractivity contribution is 9.10. The van der Waals surface area contributed by atoms with Crippen LogP contribution < -0.4 is 9.47 Å². The van der Waals surface area contributed by atoms with Gasteiger partial charge in [-0.15, -0.1) is 0 Å². The van der Waals surface area contributed by atoms with E-state index >= 15 is 0 Å². The average Bonchev–Trinajstić information content (AvgIpc) is 2.68. The van der Waals surface area contributed by atoms with E-state index in [-0.39, 0.29) is 0 Å². The molecular weight excluding hydrogens is 246 g/mol. The number of methoxy groups -OCH3 is 2. The van der Waals surface area contributed by atoms with Crippen LogP contribution in [0.1, 0.15) is 0 Å². The second-order valence-electron chi connectivity index (χ2n) is 2.86. The first-order valence-corrected chi connectivity index (χ1v) is 4.94. The molecule has 2 aromatic rings. The molecule has 0 unspecified atom stereocenters. The molecular formula is C10H10BrNO2. The third-order valence-electron chi connectivity index (χ3n) is 2.15. The summed E-state index contributed by atoms with van der Waals surface area (Å²) >= 11 is 3.48. The summed E-state index contributed by atoms with van der Waals surface area (Å²) in [4.78, 5) is 3.12. The van der Waals surface area contributed by atoms with Gasteiger partial charge < -0.3 is 14.5 Å². The van der Waals surface area contributed by atoms with Gasteiger partial charge >= 0.3 is 0 Å². The van der Waals surface area contributed by atoms with E-state index in [0.29, 0.717) is 0 Å². The molecule has 0 radical (unpaired) electrons. The first kappa shape index (κ1) is 9.40. The largest absolute Gasteiger partial charge is 0.495 e. The molecule has 0 amide bonds. The van der Waals surface area contributed by atoms with Gasteiger partial charge in [0.2, 0.25) is 0 Å². The molecule has 2 rings (SSSR count). The number of nitrogens with one attached hydrogen (secondary N) is 1. The van der Waals surface area contributed by atoms with Gasteiger partial charge in [0.1, 0.15) is 11.5 Å². The lowest BCUT2D eigenvalue weighted by atomic mass is 10.2. The molecule has 1 N–H and O–H groups in total. The van der Waals surface area contributed by atoms with Gasteiger partial charge in [-0.3, -0.25) is 0 Å².